The molecule has 1 saturated heterocycles. The van der Waals surface area contributed by atoms with E-state index < -0.39 is 0 Å². The number of hydrogen-bond acceptors (Lipinski definition) is 4. The maximum Gasteiger partial charge on any atom is 0.191 e. The molecule has 27 heavy (non-hydrogen) atoms. The molecule has 7 heteroatoms. The van der Waals surface area contributed by atoms with Gasteiger partial charge in [-0.05, 0) is 39.0 Å². The third-order valence-corrected chi connectivity index (χ3v) is 6.33. The summed E-state index contributed by atoms with van der Waals surface area (Å²) in [5.41, 5.74) is 0.367. The van der Waals surface area contributed by atoms with Gasteiger partial charge in [0, 0.05) is 50.8 Å². The Balaban J connectivity index is 0.00000261. The van der Waals surface area contributed by atoms with Crippen LogP contribution < -0.4 is 10.6 Å². The van der Waals surface area contributed by atoms with E-state index in [-0.39, 0.29) is 24.0 Å². The largest absolute Gasteiger partial charge is 0.379 e. The van der Waals surface area contributed by atoms with E-state index in [9.17, 15) is 0 Å². The summed E-state index contributed by atoms with van der Waals surface area (Å²) in [6.45, 7) is 14.1. The first-order chi connectivity index (χ1) is 12.7. The second kappa shape index (κ2) is 11.2. The minimum absolute atomic E-state index is 0. The van der Waals surface area contributed by atoms with Gasteiger partial charge < -0.3 is 20.1 Å². The SMILES string of the molecule is CCNC(=NCC(C)CN1CCOCC1)NC1CC(OCC)C12CCC2.I. The summed E-state index contributed by atoms with van der Waals surface area (Å²) >= 11 is 0. The van der Waals surface area contributed by atoms with Crippen molar-refractivity contribution in [3.63, 3.8) is 0 Å². The Bertz CT molecular complexity index is 467. The van der Waals surface area contributed by atoms with E-state index in [2.05, 4.69) is 36.3 Å². The van der Waals surface area contributed by atoms with Gasteiger partial charge in [0.25, 0.3) is 0 Å². The Morgan fingerprint density at radius 1 is 1.30 bits per heavy atom. The minimum Gasteiger partial charge on any atom is -0.379 e. The van der Waals surface area contributed by atoms with E-state index in [1.54, 1.807) is 0 Å². The summed E-state index contributed by atoms with van der Waals surface area (Å²) in [5.74, 6) is 1.53. The van der Waals surface area contributed by atoms with Crippen molar-refractivity contribution in [2.45, 2.75) is 58.6 Å². The summed E-state index contributed by atoms with van der Waals surface area (Å²) in [6, 6.07) is 0.514. The molecule has 0 bridgehead atoms. The zero-order chi connectivity index (χ0) is 18.4. The molecule has 0 aromatic heterocycles. The molecule has 6 nitrogen and oxygen atoms in total. The zero-order valence-electron chi connectivity index (χ0n) is 17.3. The number of ether oxygens (including phenoxy) is 2. The molecule has 3 rings (SSSR count). The lowest BCUT2D eigenvalue weighted by Gasteiger charge is -2.61. The Morgan fingerprint density at radius 3 is 2.63 bits per heavy atom. The topological polar surface area (TPSA) is 58.1 Å². The van der Waals surface area contributed by atoms with E-state index in [4.69, 9.17) is 14.5 Å². The van der Waals surface area contributed by atoms with Gasteiger partial charge in [-0.3, -0.25) is 9.89 Å². The standard InChI is InChI=1S/C20H38N4O2.HI/c1-4-21-19(22-14-16(3)15-24-9-11-25-12-10-24)23-17-13-18(26-5-2)20(17)7-6-8-20;/h16-18H,4-15H2,1-3H3,(H2,21,22,23);1H. The number of morpholine rings is 1. The smallest absolute Gasteiger partial charge is 0.191 e. The highest BCUT2D eigenvalue weighted by molar-refractivity contribution is 14.0. The number of guanidine groups is 1. The number of halogens is 1. The number of rotatable bonds is 8. The van der Waals surface area contributed by atoms with Crippen LogP contribution in [0.15, 0.2) is 4.99 Å². The van der Waals surface area contributed by atoms with Crippen molar-refractivity contribution >= 4 is 29.9 Å². The van der Waals surface area contributed by atoms with Gasteiger partial charge in [-0.1, -0.05) is 13.3 Å². The third kappa shape index (κ3) is 5.70. The Labute approximate surface area is 182 Å². The molecular weight excluding hydrogens is 455 g/mol. The molecule has 2 N–H and O–H groups in total. The van der Waals surface area contributed by atoms with Crippen LogP contribution in [-0.4, -0.2) is 75.5 Å². The van der Waals surface area contributed by atoms with Crippen LogP contribution in [-0.2, 0) is 9.47 Å². The van der Waals surface area contributed by atoms with E-state index in [1.807, 2.05) is 0 Å². The highest BCUT2D eigenvalue weighted by atomic mass is 127. The van der Waals surface area contributed by atoms with Gasteiger partial charge in [-0.25, -0.2) is 0 Å². The fourth-order valence-electron chi connectivity index (χ4n) is 4.66. The van der Waals surface area contributed by atoms with Gasteiger partial charge in [0.15, 0.2) is 5.96 Å². The molecule has 3 atom stereocenters. The van der Waals surface area contributed by atoms with Crippen molar-refractivity contribution in [1.29, 1.82) is 0 Å². The molecule has 3 unspecified atom stereocenters. The van der Waals surface area contributed by atoms with E-state index in [0.29, 0.717) is 23.5 Å². The molecule has 158 valence electrons. The maximum absolute atomic E-state index is 5.97. The molecule has 3 aliphatic rings. The van der Waals surface area contributed by atoms with E-state index in [0.717, 1.165) is 64.9 Å². The molecule has 0 radical (unpaired) electrons. The summed E-state index contributed by atoms with van der Waals surface area (Å²) < 4.78 is 11.4. The Morgan fingerprint density at radius 2 is 2.04 bits per heavy atom. The lowest BCUT2D eigenvalue weighted by atomic mass is 9.51. The lowest BCUT2D eigenvalue weighted by molar-refractivity contribution is -0.168. The van der Waals surface area contributed by atoms with Crippen LogP contribution in [0.2, 0.25) is 0 Å². The van der Waals surface area contributed by atoms with Crippen LogP contribution in [0.3, 0.4) is 0 Å². The lowest BCUT2D eigenvalue weighted by Crippen LogP contribution is -2.68. The van der Waals surface area contributed by atoms with Gasteiger partial charge in [0.1, 0.15) is 0 Å². The Kier molecular flexibility index (Phi) is 9.58. The average molecular weight is 494 g/mol. The molecule has 2 aliphatic carbocycles. The van der Waals surface area contributed by atoms with Gasteiger partial charge in [-0.15, -0.1) is 24.0 Å². The fraction of sp³-hybridized carbons (Fsp3) is 0.950. The average Bonchev–Trinajstić information content (AvgIpc) is 2.58. The number of nitrogens with one attached hydrogen (secondary N) is 2. The summed E-state index contributed by atoms with van der Waals surface area (Å²) in [4.78, 5) is 7.38. The summed E-state index contributed by atoms with van der Waals surface area (Å²) in [6.07, 6.45) is 5.49. The second-order valence-corrected chi connectivity index (χ2v) is 8.20. The van der Waals surface area contributed by atoms with Crippen molar-refractivity contribution in [2.24, 2.45) is 16.3 Å². The van der Waals surface area contributed by atoms with Crippen LogP contribution in [0, 0.1) is 11.3 Å². The minimum atomic E-state index is 0. The predicted molar refractivity (Wildman–Crippen MR) is 121 cm³/mol. The zero-order valence-corrected chi connectivity index (χ0v) is 19.7. The molecule has 0 amide bonds. The van der Waals surface area contributed by atoms with Crippen molar-refractivity contribution in [1.82, 2.24) is 15.5 Å². The summed E-state index contributed by atoms with van der Waals surface area (Å²) in [5, 5.41) is 7.16. The highest BCUT2D eigenvalue weighted by Gasteiger charge is 2.59. The van der Waals surface area contributed by atoms with Crippen molar-refractivity contribution in [2.75, 3.05) is 52.5 Å². The van der Waals surface area contributed by atoms with Crippen LogP contribution in [0.25, 0.3) is 0 Å². The van der Waals surface area contributed by atoms with Crippen LogP contribution in [0.5, 0.6) is 0 Å². The highest BCUT2D eigenvalue weighted by Crippen LogP contribution is 2.57. The van der Waals surface area contributed by atoms with Crippen LogP contribution in [0.1, 0.15) is 46.5 Å². The predicted octanol–water partition coefficient (Wildman–Crippen LogP) is 2.48. The first-order valence-electron chi connectivity index (χ1n) is 10.6. The van der Waals surface area contributed by atoms with E-state index in [1.165, 1.54) is 19.3 Å². The van der Waals surface area contributed by atoms with Gasteiger partial charge in [0.2, 0.25) is 0 Å². The Hall–Kier alpha value is -0.120. The van der Waals surface area contributed by atoms with Crippen molar-refractivity contribution in [3.05, 3.63) is 0 Å². The molecular formula is C20H39IN4O2. The fourth-order valence-corrected chi connectivity index (χ4v) is 4.66. The normalized spacial score (nSPS) is 28.6. The quantitative estimate of drug-likeness (QED) is 0.309. The second-order valence-electron chi connectivity index (χ2n) is 8.20. The number of nitrogens with zero attached hydrogens (tertiary/aromatic N) is 2. The van der Waals surface area contributed by atoms with E-state index >= 15 is 0 Å². The van der Waals surface area contributed by atoms with Gasteiger partial charge in [0.05, 0.1) is 19.3 Å². The molecule has 0 aromatic rings. The third-order valence-electron chi connectivity index (χ3n) is 6.33. The molecule has 0 aromatic carbocycles. The van der Waals surface area contributed by atoms with Gasteiger partial charge in [-0.2, -0.15) is 0 Å². The molecule has 3 fully saturated rings. The van der Waals surface area contributed by atoms with Crippen molar-refractivity contribution < 1.29 is 9.47 Å². The first-order valence-corrected chi connectivity index (χ1v) is 10.6. The van der Waals surface area contributed by atoms with Crippen molar-refractivity contribution in [3.8, 4) is 0 Å². The maximum atomic E-state index is 5.97. The van der Waals surface area contributed by atoms with Crippen LogP contribution >= 0.6 is 24.0 Å². The van der Waals surface area contributed by atoms with Gasteiger partial charge >= 0.3 is 0 Å². The molecule has 1 aliphatic heterocycles. The monoisotopic (exact) mass is 494 g/mol. The van der Waals surface area contributed by atoms with Crippen LogP contribution in [0.4, 0.5) is 0 Å². The number of hydrogen-bond donors (Lipinski definition) is 2. The summed E-state index contributed by atoms with van der Waals surface area (Å²) in [7, 11) is 0. The molecule has 1 spiro atoms. The number of aliphatic imine (C=N–C) groups is 1. The molecule has 2 saturated carbocycles. The first kappa shape index (κ1) is 23.2. The molecule has 1 heterocycles.